The minimum Gasteiger partial charge on any atom is -0.375 e. The maximum absolute atomic E-state index is 13.7. The van der Waals surface area contributed by atoms with Gasteiger partial charge in [0.05, 0.1) is 6.54 Å². The molecule has 5 heteroatoms. The molecule has 1 N–H and O–H groups in total. The summed E-state index contributed by atoms with van der Waals surface area (Å²) in [6.07, 6.45) is 0. The minimum atomic E-state index is -0.908. The van der Waals surface area contributed by atoms with Crippen molar-refractivity contribution in [3.63, 3.8) is 0 Å². The van der Waals surface area contributed by atoms with Gasteiger partial charge in [0.15, 0.2) is 0 Å². The molecule has 4 nitrogen and oxygen atoms in total. The Morgan fingerprint density at radius 1 is 1.39 bits per heavy atom. The lowest BCUT2D eigenvalue weighted by atomic mass is 9.95. The Morgan fingerprint density at radius 2 is 2.06 bits per heavy atom. The standard InChI is InChI=1S/C13H18FNO3/c1-13(18-3,9-15-12(16)8-17-2)10-6-4-5-7-11(10)14/h4-7H,8-9H2,1-3H3,(H,15,16). The summed E-state index contributed by atoms with van der Waals surface area (Å²) in [6, 6.07) is 6.34. The number of carbonyl (C=O) groups is 1. The van der Waals surface area contributed by atoms with Gasteiger partial charge in [-0.1, -0.05) is 18.2 Å². The molecule has 0 aliphatic heterocycles. The number of hydrogen-bond donors (Lipinski definition) is 1. The SMILES string of the molecule is COCC(=O)NCC(C)(OC)c1ccccc1F. The Hall–Kier alpha value is -1.46. The van der Waals surface area contributed by atoms with E-state index in [-0.39, 0.29) is 24.9 Å². The Balaban J connectivity index is 2.80. The molecule has 0 saturated carbocycles. The van der Waals surface area contributed by atoms with E-state index in [1.54, 1.807) is 25.1 Å². The second kappa shape index (κ2) is 6.47. The number of amides is 1. The fraction of sp³-hybridized carbons (Fsp3) is 0.462. The number of carbonyl (C=O) groups excluding carboxylic acids is 1. The van der Waals surface area contributed by atoms with E-state index in [9.17, 15) is 9.18 Å². The lowest BCUT2D eigenvalue weighted by molar-refractivity contribution is -0.126. The molecule has 18 heavy (non-hydrogen) atoms. The highest BCUT2D eigenvalue weighted by Gasteiger charge is 2.29. The van der Waals surface area contributed by atoms with Crippen molar-refractivity contribution in [1.82, 2.24) is 5.32 Å². The van der Waals surface area contributed by atoms with Gasteiger partial charge >= 0.3 is 0 Å². The molecule has 0 bridgehead atoms. The molecule has 0 saturated heterocycles. The van der Waals surface area contributed by atoms with Crippen LogP contribution in [0.25, 0.3) is 0 Å². The summed E-state index contributed by atoms with van der Waals surface area (Å²) in [6.45, 7) is 1.86. The summed E-state index contributed by atoms with van der Waals surface area (Å²) < 4.78 is 23.8. The Morgan fingerprint density at radius 3 is 2.61 bits per heavy atom. The van der Waals surface area contributed by atoms with Gasteiger partial charge in [-0.15, -0.1) is 0 Å². The summed E-state index contributed by atoms with van der Waals surface area (Å²) in [4.78, 5) is 11.3. The fourth-order valence-electron chi connectivity index (χ4n) is 1.62. The van der Waals surface area contributed by atoms with Gasteiger partial charge in [0.2, 0.25) is 5.91 Å². The number of nitrogens with one attached hydrogen (secondary N) is 1. The van der Waals surface area contributed by atoms with Crippen LogP contribution in [0.3, 0.4) is 0 Å². The number of ether oxygens (including phenoxy) is 2. The average molecular weight is 255 g/mol. The normalized spacial score (nSPS) is 14.0. The van der Waals surface area contributed by atoms with Crippen molar-refractivity contribution in [2.75, 3.05) is 27.4 Å². The van der Waals surface area contributed by atoms with E-state index < -0.39 is 5.60 Å². The van der Waals surface area contributed by atoms with Gasteiger partial charge in [0.1, 0.15) is 18.0 Å². The van der Waals surface area contributed by atoms with E-state index in [0.717, 1.165) is 0 Å². The first-order valence-corrected chi connectivity index (χ1v) is 5.59. The molecule has 0 aromatic heterocycles. The zero-order valence-corrected chi connectivity index (χ0v) is 10.8. The summed E-state index contributed by atoms with van der Waals surface area (Å²) >= 11 is 0. The van der Waals surface area contributed by atoms with Crippen LogP contribution in [-0.2, 0) is 19.9 Å². The van der Waals surface area contributed by atoms with Crippen LogP contribution in [0.1, 0.15) is 12.5 Å². The van der Waals surface area contributed by atoms with E-state index in [2.05, 4.69) is 5.32 Å². The first-order valence-electron chi connectivity index (χ1n) is 5.59. The Labute approximate surface area is 106 Å². The maximum Gasteiger partial charge on any atom is 0.246 e. The van der Waals surface area contributed by atoms with Gasteiger partial charge in [-0.25, -0.2) is 4.39 Å². The molecule has 0 aliphatic carbocycles. The molecule has 1 rings (SSSR count). The summed E-state index contributed by atoms with van der Waals surface area (Å²) in [7, 11) is 2.92. The van der Waals surface area contributed by atoms with Crippen molar-refractivity contribution in [2.45, 2.75) is 12.5 Å². The number of hydrogen-bond acceptors (Lipinski definition) is 3. The number of benzene rings is 1. The zero-order chi connectivity index (χ0) is 13.6. The highest BCUT2D eigenvalue weighted by atomic mass is 19.1. The number of rotatable bonds is 6. The van der Waals surface area contributed by atoms with E-state index in [1.807, 2.05) is 0 Å². The molecule has 0 spiro atoms. The zero-order valence-electron chi connectivity index (χ0n) is 10.8. The third kappa shape index (κ3) is 3.51. The van der Waals surface area contributed by atoms with Crippen LogP contribution in [0, 0.1) is 5.82 Å². The summed E-state index contributed by atoms with van der Waals surface area (Å²) in [5.41, 5.74) is -0.500. The van der Waals surface area contributed by atoms with Crippen molar-refractivity contribution in [3.05, 3.63) is 35.6 Å². The molecule has 0 fully saturated rings. The van der Waals surface area contributed by atoms with Gasteiger partial charge < -0.3 is 14.8 Å². The molecule has 1 unspecified atom stereocenters. The molecule has 1 aromatic carbocycles. The minimum absolute atomic E-state index is 0.0307. The summed E-state index contributed by atoms with van der Waals surface area (Å²) in [5.74, 6) is -0.625. The fourth-order valence-corrected chi connectivity index (χ4v) is 1.62. The average Bonchev–Trinajstić information content (AvgIpc) is 2.37. The van der Waals surface area contributed by atoms with Crippen molar-refractivity contribution >= 4 is 5.91 Å². The van der Waals surface area contributed by atoms with Gasteiger partial charge in [-0.2, -0.15) is 0 Å². The first-order chi connectivity index (χ1) is 8.53. The lowest BCUT2D eigenvalue weighted by Crippen LogP contribution is -2.41. The molecular formula is C13H18FNO3. The van der Waals surface area contributed by atoms with Crippen LogP contribution < -0.4 is 5.32 Å². The highest BCUT2D eigenvalue weighted by Crippen LogP contribution is 2.26. The highest BCUT2D eigenvalue weighted by molar-refractivity contribution is 5.77. The molecule has 1 atom stereocenters. The van der Waals surface area contributed by atoms with Crippen molar-refractivity contribution in [3.8, 4) is 0 Å². The molecule has 1 amide bonds. The topological polar surface area (TPSA) is 47.6 Å². The molecule has 0 aliphatic rings. The predicted octanol–water partition coefficient (Wildman–Crippen LogP) is 1.45. The predicted molar refractivity (Wildman–Crippen MR) is 65.6 cm³/mol. The quantitative estimate of drug-likeness (QED) is 0.837. The van der Waals surface area contributed by atoms with Crippen LogP contribution in [0.5, 0.6) is 0 Å². The van der Waals surface area contributed by atoms with E-state index in [4.69, 9.17) is 9.47 Å². The van der Waals surface area contributed by atoms with E-state index in [1.165, 1.54) is 20.3 Å². The molecular weight excluding hydrogens is 237 g/mol. The van der Waals surface area contributed by atoms with Crippen LogP contribution in [-0.4, -0.2) is 33.3 Å². The molecule has 0 heterocycles. The second-order valence-corrected chi connectivity index (χ2v) is 4.12. The Bertz CT molecular complexity index is 411. The van der Waals surface area contributed by atoms with E-state index in [0.29, 0.717) is 5.56 Å². The van der Waals surface area contributed by atoms with Gasteiger partial charge in [0, 0.05) is 19.8 Å². The first kappa shape index (κ1) is 14.6. The van der Waals surface area contributed by atoms with Crippen molar-refractivity contribution in [1.29, 1.82) is 0 Å². The van der Waals surface area contributed by atoms with Gasteiger partial charge in [-0.3, -0.25) is 4.79 Å². The van der Waals surface area contributed by atoms with Crippen LogP contribution in [0.2, 0.25) is 0 Å². The van der Waals surface area contributed by atoms with Gasteiger partial charge in [0.25, 0.3) is 0 Å². The van der Waals surface area contributed by atoms with Crippen LogP contribution >= 0.6 is 0 Å². The Kier molecular flexibility index (Phi) is 5.25. The number of halogens is 1. The van der Waals surface area contributed by atoms with Crippen LogP contribution in [0.4, 0.5) is 4.39 Å². The molecule has 1 aromatic rings. The lowest BCUT2D eigenvalue weighted by Gasteiger charge is -2.29. The smallest absolute Gasteiger partial charge is 0.246 e. The van der Waals surface area contributed by atoms with Gasteiger partial charge in [-0.05, 0) is 13.0 Å². The summed E-state index contributed by atoms with van der Waals surface area (Å²) in [5, 5.41) is 2.65. The van der Waals surface area contributed by atoms with Crippen molar-refractivity contribution < 1.29 is 18.7 Å². The van der Waals surface area contributed by atoms with E-state index >= 15 is 0 Å². The number of methoxy groups -OCH3 is 2. The maximum atomic E-state index is 13.7. The third-order valence-corrected chi connectivity index (χ3v) is 2.79. The molecule has 100 valence electrons. The third-order valence-electron chi connectivity index (χ3n) is 2.79. The van der Waals surface area contributed by atoms with Crippen molar-refractivity contribution in [2.24, 2.45) is 0 Å². The molecule has 0 radical (unpaired) electrons. The van der Waals surface area contributed by atoms with Crippen LogP contribution in [0.15, 0.2) is 24.3 Å². The second-order valence-electron chi connectivity index (χ2n) is 4.12. The largest absolute Gasteiger partial charge is 0.375 e. The monoisotopic (exact) mass is 255 g/mol.